The molecular formula is C28H20N2O4. The summed E-state index contributed by atoms with van der Waals surface area (Å²) in [6.07, 6.45) is 3.51. The number of nitrogens with zero attached hydrogens (tertiary/aromatic N) is 2. The van der Waals surface area contributed by atoms with E-state index in [1.807, 2.05) is 36.4 Å². The highest BCUT2D eigenvalue weighted by Crippen LogP contribution is 2.29. The number of rotatable bonds is 4. The van der Waals surface area contributed by atoms with Gasteiger partial charge in [-0.15, -0.1) is 0 Å². The highest BCUT2D eigenvalue weighted by molar-refractivity contribution is 6.30. The number of amides is 4. The fourth-order valence-electron chi connectivity index (χ4n) is 4.14. The third-order valence-corrected chi connectivity index (χ3v) is 5.78. The summed E-state index contributed by atoms with van der Waals surface area (Å²) in [4.78, 5) is 52.8. The van der Waals surface area contributed by atoms with Gasteiger partial charge in [-0.2, -0.15) is 0 Å². The van der Waals surface area contributed by atoms with E-state index in [-0.39, 0.29) is 36.5 Å². The molecule has 0 saturated carbocycles. The topological polar surface area (TPSA) is 74.8 Å². The van der Waals surface area contributed by atoms with Crippen molar-refractivity contribution >= 4 is 47.2 Å². The number of para-hydroxylation sites is 2. The van der Waals surface area contributed by atoms with E-state index >= 15 is 0 Å². The van der Waals surface area contributed by atoms with E-state index in [2.05, 4.69) is 0 Å². The Hall–Kier alpha value is -4.58. The van der Waals surface area contributed by atoms with E-state index in [4.69, 9.17) is 0 Å². The molecule has 0 unspecified atom stereocenters. The second kappa shape index (κ2) is 8.75. The molecule has 0 aromatic heterocycles. The molecule has 3 aromatic rings. The molecule has 4 amide bonds. The zero-order valence-corrected chi connectivity index (χ0v) is 18.2. The maximum absolute atomic E-state index is 12.8. The highest BCUT2D eigenvalue weighted by Gasteiger charge is 2.35. The molecule has 5 rings (SSSR count). The van der Waals surface area contributed by atoms with Gasteiger partial charge < -0.3 is 0 Å². The Morgan fingerprint density at radius 1 is 0.500 bits per heavy atom. The first kappa shape index (κ1) is 21.3. The van der Waals surface area contributed by atoms with Crippen molar-refractivity contribution in [3.8, 4) is 0 Å². The van der Waals surface area contributed by atoms with Crippen LogP contribution in [0.2, 0.25) is 0 Å². The van der Waals surface area contributed by atoms with Crippen LogP contribution in [0.4, 0.5) is 11.4 Å². The maximum Gasteiger partial charge on any atom is 0.261 e. The van der Waals surface area contributed by atoms with Crippen molar-refractivity contribution in [3.05, 3.63) is 107 Å². The molecule has 2 saturated heterocycles. The van der Waals surface area contributed by atoms with E-state index in [9.17, 15) is 19.2 Å². The van der Waals surface area contributed by atoms with Crippen molar-refractivity contribution in [2.75, 3.05) is 9.80 Å². The molecule has 0 spiro atoms. The quantitative estimate of drug-likeness (QED) is 0.439. The lowest BCUT2D eigenvalue weighted by Crippen LogP contribution is -2.28. The van der Waals surface area contributed by atoms with Crippen LogP contribution in [-0.2, 0) is 19.2 Å². The molecule has 2 fully saturated rings. The Morgan fingerprint density at radius 2 is 0.853 bits per heavy atom. The van der Waals surface area contributed by atoms with Crippen molar-refractivity contribution in [1.82, 2.24) is 0 Å². The number of imide groups is 2. The lowest BCUT2D eigenvalue weighted by molar-refractivity contribution is -0.122. The van der Waals surface area contributed by atoms with Gasteiger partial charge in [-0.25, -0.2) is 9.80 Å². The molecule has 0 atom stereocenters. The predicted molar refractivity (Wildman–Crippen MR) is 129 cm³/mol. The van der Waals surface area contributed by atoms with Gasteiger partial charge in [0.25, 0.3) is 11.8 Å². The van der Waals surface area contributed by atoms with E-state index in [1.54, 1.807) is 60.7 Å². The van der Waals surface area contributed by atoms with E-state index in [0.29, 0.717) is 22.5 Å². The van der Waals surface area contributed by atoms with Gasteiger partial charge in [-0.3, -0.25) is 19.2 Å². The molecule has 34 heavy (non-hydrogen) atoms. The standard InChI is InChI=1S/C28H20N2O4/c31-25-17-21(27(33)29(25)23-7-3-1-4-8-23)15-19-11-13-20(14-12-19)16-22-18-26(32)30(28(22)34)24-9-5-2-6-10-24/h1-16H,17-18H2. The zero-order valence-electron chi connectivity index (χ0n) is 18.2. The molecule has 6 nitrogen and oxygen atoms in total. The Kier molecular flexibility index (Phi) is 5.47. The van der Waals surface area contributed by atoms with Crippen molar-refractivity contribution in [2.24, 2.45) is 0 Å². The Morgan fingerprint density at radius 3 is 1.21 bits per heavy atom. The summed E-state index contributed by atoms with van der Waals surface area (Å²) in [5.74, 6) is -1.15. The van der Waals surface area contributed by atoms with Gasteiger partial charge in [0.2, 0.25) is 11.8 Å². The monoisotopic (exact) mass is 448 g/mol. The number of carbonyl (C=O) groups is 4. The van der Waals surface area contributed by atoms with E-state index < -0.39 is 0 Å². The summed E-state index contributed by atoms with van der Waals surface area (Å²) < 4.78 is 0. The van der Waals surface area contributed by atoms with Gasteiger partial charge in [0.05, 0.1) is 24.2 Å². The third kappa shape index (κ3) is 3.97. The lowest BCUT2D eigenvalue weighted by atomic mass is 10.1. The average Bonchev–Trinajstić information content (AvgIpc) is 3.29. The molecule has 0 aliphatic carbocycles. The molecule has 0 N–H and O–H groups in total. The summed E-state index contributed by atoms with van der Waals surface area (Å²) in [5, 5.41) is 0. The fourth-order valence-corrected chi connectivity index (χ4v) is 4.14. The van der Waals surface area contributed by atoms with Crippen LogP contribution in [0.25, 0.3) is 12.2 Å². The second-order valence-electron chi connectivity index (χ2n) is 8.10. The van der Waals surface area contributed by atoms with Gasteiger partial charge in [-0.05, 0) is 47.5 Å². The minimum Gasteiger partial charge on any atom is -0.274 e. The normalized spacial score (nSPS) is 18.6. The summed E-state index contributed by atoms with van der Waals surface area (Å²) >= 11 is 0. The summed E-state index contributed by atoms with van der Waals surface area (Å²) in [6.45, 7) is 0. The van der Waals surface area contributed by atoms with Crippen LogP contribution in [0.1, 0.15) is 24.0 Å². The smallest absolute Gasteiger partial charge is 0.261 e. The van der Waals surface area contributed by atoms with Crippen molar-refractivity contribution in [1.29, 1.82) is 0 Å². The first-order chi connectivity index (χ1) is 16.5. The largest absolute Gasteiger partial charge is 0.274 e. The van der Waals surface area contributed by atoms with Crippen LogP contribution < -0.4 is 9.80 Å². The molecule has 166 valence electrons. The van der Waals surface area contributed by atoms with Crippen LogP contribution >= 0.6 is 0 Å². The van der Waals surface area contributed by atoms with Crippen LogP contribution in [0.3, 0.4) is 0 Å². The number of carbonyl (C=O) groups excluding carboxylic acids is 4. The van der Waals surface area contributed by atoms with E-state index in [0.717, 1.165) is 11.1 Å². The summed E-state index contributed by atoms with van der Waals surface area (Å²) in [7, 11) is 0. The van der Waals surface area contributed by atoms with Crippen molar-refractivity contribution < 1.29 is 19.2 Å². The molecule has 6 heteroatoms. The number of anilines is 2. The lowest BCUT2D eigenvalue weighted by Gasteiger charge is -2.12. The van der Waals surface area contributed by atoms with Crippen LogP contribution in [0.5, 0.6) is 0 Å². The van der Waals surface area contributed by atoms with Crippen LogP contribution in [0.15, 0.2) is 96.1 Å². The molecule has 2 aliphatic rings. The Balaban J connectivity index is 1.34. The van der Waals surface area contributed by atoms with Crippen LogP contribution in [0, 0.1) is 0 Å². The van der Waals surface area contributed by atoms with Gasteiger partial charge >= 0.3 is 0 Å². The zero-order chi connectivity index (χ0) is 23.7. The Labute approximate surface area is 196 Å². The fraction of sp³-hybridized carbons (Fsp3) is 0.0714. The van der Waals surface area contributed by atoms with E-state index in [1.165, 1.54) is 9.80 Å². The van der Waals surface area contributed by atoms with Gasteiger partial charge in [0.1, 0.15) is 0 Å². The molecule has 0 radical (unpaired) electrons. The Bertz CT molecular complexity index is 1250. The summed E-state index contributed by atoms with van der Waals surface area (Å²) in [6, 6.07) is 25.0. The van der Waals surface area contributed by atoms with Gasteiger partial charge in [-0.1, -0.05) is 60.7 Å². The molecule has 2 heterocycles. The second-order valence-corrected chi connectivity index (χ2v) is 8.10. The number of benzene rings is 3. The third-order valence-electron chi connectivity index (χ3n) is 5.78. The maximum atomic E-state index is 12.8. The van der Waals surface area contributed by atoms with Crippen LogP contribution in [-0.4, -0.2) is 23.6 Å². The van der Waals surface area contributed by atoms with Gasteiger partial charge in [0.15, 0.2) is 0 Å². The molecule has 0 bridgehead atoms. The SMILES string of the molecule is O=C1CC(=Cc2ccc(C=C3CC(=O)N(c4ccccc4)C3=O)cc2)C(=O)N1c1ccccc1. The van der Waals surface area contributed by atoms with Crippen molar-refractivity contribution in [3.63, 3.8) is 0 Å². The molecule has 3 aromatic carbocycles. The average molecular weight is 448 g/mol. The number of hydrogen-bond donors (Lipinski definition) is 0. The summed E-state index contributed by atoms with van der Waals surface area (Å²) in [5.41, 5.74) is 3.51. The number of hydrogen-bond acceptors (Lipinski definition) is 4. The first-order valence-electron chi connectivity index (χ1n) is 10.9. The minimum absolute atomic E-state index is 0.0471. The first-order valence-corrected chi connectivity index (χ1v) is 10.9. The molecule has 2 aliphatic heterocycles. The highest BCUT2D eigenvalue weighted by atomic mass is 16.2. The minimum atomic E-state index is -0.321. The molecular weight excluding hydrogens is 428 g/mol. The van der Waals surface area contributed by atoms with Crippen molar-refractivity contribution in [2.45, 2.75) is 12.8 Å². The predicted octanol–water partition coefficient (Wildman–Crippen LogP) is 4.38. The van der Waals surface area contributed by atoms with Gasteiger partial charge in [0, 0.05) is 11.1 Å².